The van der Waals surface area contributed by atoms with Gasteiger partial charge in [0.05, 0.1) is 6.61 Å². The highest BCUT2D eigenvalue weighted by Gasteiger charge is 2.07. The smallest absolute Gasteiger partial charge is 0.150 e. The maximum atomic E-state index is 13.2. The van der Waals surface area contributed by atoms with Crippen LogP contribution in [0.25, 0.3) is 0 Å². The lowest BCUT2D eigenvalue weighted by atomic mass is 10.2. The molecule has 0 saturated heterocycles. The Balaban J connectivity index is 2.97. The second kappa shape index (κ2) is 6.23. The van der Waals surface area contributed by atoms with Crippen molar-refractivity contribution < 1.29 is 14.3 Å². The highest BCUT2D eigenvalue weighted by atomic mass is 19.1. The highest BCUT2D eigenvalue weighted by molar-refractivity contribution is 5.77. The predicted octanol–water partition coefficient (Wildman–Crippen LogP) is 1.85. The van der Waals surface area contributed by atoms with Crippen LogP contribution < -0.4 is 4.90 Å². The summed E-state index contributed by atoms with van der Waals surface area (Å²) in [6.07, 6.45) is 1.52. The topological polar surface area (TPSA) is 40.5 Å². The maximum absolute atomic E-state index is 13.2. The number of anilines is 1. The number of nitrogens with zero attached hydrogens (tertiary/aromatic N) is 1. The van der Waals surface area contributed by atoms with Crippen molar-refractivity contribution in [1.82, 2.24) is 0 Å². The summed E-state index contributed by atoms with van der Waals surface area (Å²) in [5, 5.41) is 8.92. The number of hydrogen-bond acceptors (Lipinski definition) is 3. The van der Waals surface area contributed by atoms with E-state index in [0.717, 1.165) is 13.0 Å². The van der Waals surface area contributed by atoms with E-state index in [1.54, 1.807) is 6.07 Å². The molecule has 0 unspecified atom stereocenters. The van der Waals surface area contributed by atoms with Gasteiger partial charge in [0, 0.05) is 24.3 Å². The zero-order valence-electron chi connectivity index (χ0n) is 9.32. The van der Waals surface area contributed by atoms with Gasteiger partial charge in [0.1, 0.15) is 12.1 Å². The molecule has 0 saturated carbocycles. The number of benzene rings is 1. The molecule has 0 aliphatic heterocycles. The fourth-order valence-corrected chi connectivity index (χ4v) is 1.61. The molecule has 0 aromatic heterocycles. The van der Waals surface area contributed by atoms with Crippen LogP contribution in [0, 0.1) is 5.82 Å². The van der Waals surface area contributed by atoms with Crippen molar-refractivity contribution in [1.29, 1.82) is 0 Å². The lowest BCUT2D eigenvalue weighted by Gasteiger charge is -2.23. The third-order valence-electron chi connectivity index (χ3n) is 2.27. The van der Waals surface area contributed by atoms with Gasteiger partial charge in [-0.1, -0.05) is 6.92 Å². The third kappa shape index (κ3) is 3.31. The van der Waals surface area contributed by atoms with Gasteiger partial charge in [-0.3, -0.25) is 4.79 Å². The number of carbonyl (C=O) groups is 1. The fraction of sp³-hybridized carbons (Fsp3) is 0.417. The molecule has 0 spiro atoms. The van der Waals surface area contributed by atoms with Gasteiger partial charge in [-0.15, -0.1) is 0 Å². The molecule has 0 fully saturated rings. The minimum atomic E-state index is -0.432. The Morgan fingerprint density at radius 1 is 1.38 bits per heavy atom. The standard InChI is InChI=1S/C12H16FNO2/c1-2-3-14(4-5-15)12-7-10(9-16)6-11(13)8-12/h6-9,15H,2-5H2,1H3. The van der Waals surface area contributed by atoms with Crippen molar-refractivity contribution in [2.75, 3.05) is 24.6 Å². The summed E-state index contributed by atoms with van der Waals surface area (Å²) in [6, 6.07) is 4.19. The molecule has 4 heteroatoms. The van der Waals surface area contributed by atoms with Crippen molar-refractivity contribution in [3.63, 3.8) is 0 Å². The average Bonchev–Trinajstić information content (AvgIpc) is 2.28. The SMILES string of the molecule is CCCN(CCO)c1cc(F)cc(C=O)c1. The molecular formula is C12H16FNO2. The first kappa shape index (κ1) is 12.6. The Morgan fingerprint density at radius 3 is 2.69 bits per heavy atom. The van der Waals surface area contributed by atoms with E-state index < -0.39 is 5.82 Å². The summed E-state index contributed by atoms with van der Waals surface area (Å²) in [6.45, 7) is 3.18. The van der Waals surface area contributed by atoms with Crippen molar-refractivity contribution in [2.45, 2.75) is 13.3 Å². The summed E-state index contributed by atoms with van der Waals surface area (Å²) in [7, 11) is 0. The molecule has 0 bridgehead atoms. The molecule has 1 rings (SSSR count). The van der Waals surface area contributed by atoms with E-state index in [1.165, 1.54) is 12.1 Å². The number of halogens is 1. The van der Waals surface area contributed by atoms with Gasteiger partial charge in [0.25, 0.3) is 0 Å². The second-order valence-corrected chi connectivity index (χ2v) is 3.57. The minimum absolute atomic E-state index is 0.00688. The molecule has 0 radical (unpaired) electrons. The van der Waals surface area contributed by atoms with Crippen LogP contribution in [0.4, 0.5) is 10.1 Å². The predicted molar refractivity (Wildman–Crippen MR) is 61.4 cm³/mol. The zero-order chi connectivity index (χ0) is 12.0. The number of hydrogen-bond donors (Lipinski definition) is 1. The lowest BCUT2D eigenvalue weighted by molar-refractivity contribution is 0.112. The molecule has 1 aromatic rings. The molecule has 0 heterocycles. The molecule has 1 N–H and O–H groups in total. The van der Waals surface area contributed by atoms with Crippen molar-refractivity contribution in [3.8, 4) is 0 Å². The van der Waals surface area contributed by atoms with Crippen LogP contribution in [0.1, 0.15) is 23.7 Å². The molecule has 16 heavy (non-hydrogen) atoms. The highest BCUT2D eigenvalue weighted by Crippen LogP contribution is 2.18. The molecule has 0 amide bonds. The fourth-order valence-electron chi connectivity index (χ4n) is 1.61. The van der Waals surface area contributed by atoms with Crippen molar-refractivity contribution >= 4 is 12.0 Å². The summed E-state index contributed by atoms with van der Waals surface area (Å²) in [5.74, 6) is -0.432. The van der Waals surface area contributed by atoms with E-state index in [-0.39, 0.29) is 6.61 Å². The molecule has 0 aliphatic carbocycles. The van der Waals surface area contributed by atoms with E-state index in [2.05, 4.69) is 0 Å². The van der Waals surface area contributed by atoms with Gasteiger partial charge in [-0.25, -0.2) is 4.39 Å². The summed E-state index contributed by atoms with van der Waals surface area (Å²) >= 11 is 0. The maximum Gasteiger partial charge on any atom is 0.150 e. The molecule has 1 aromatic carbocycles. The van der Waals surface area contributed by atoms with Gasteiger partial charge < -0.3 is 10.0 Å². The Morgan fingerprint density at radius 2 is 2.12 bits per heavy atom. The summed E-state index contributed by atoms with van der Waals surface area (Å²) < 4.78 is 13.2. The number of carbonyl (C=O) groups excluding carboxylic acids is 1. The van der Waals surface area contributed by atoms with Gasteiger partial charge in [0.15, 0.2) is 0 Å². The Hall–Kier alpha value is -1.42. The average molecular weight is 225 g/mol. The summed E-state index contributed by atoms with van der Waals surface area (Å²) in [5.41, 5.74) is 0.951. The molecular weight excluding hydrogens is 209 g/mol. The minimum Gasteiger partial charge on any atom is -0.395 e. The lowest BCUT2D eigenvalue weighted by Crippen LogP contribution is -2.27. The zero-order valence-corrected chi connectivity index (χ0v) is 9.32. The Labute approximate surface area is 94.5 Å². The quantitative estimate of drug-likeness (QED) is 0.751. The van der Waals surface area contributed by atoms with Crippen LogP contribution in [0.3, 0.4) is 0 Å². The Kier molecular flexibility index (Phi) is 4.92. The van der Waals surface area contributed by atoms with E-state index in [0.29, 0.717) is 24.1 Å². The molecule has 0 aliphatic rings. The number of rotatable bonds is 6. The van der Waals surface area contributed by atoms with Crippen LogP contribution in [-0.2, 0) is 0 Å². The number of aldehydes is 1. The number of aliphatic hydroxyl groups excluding tert-OH is 1. The van der Waals surface area contributed by atoms with Gasteiger partial charge >= 0.3 is 0 Å². The second-order valence-electron chi connectivity index (χ2n) is 3.57. The van der Waals surface area contributed by atoms with Crippen molar-refractivity contribution in [2.24, 2.45) is 0 Å². The van der Waals surface area contributed by atoms with Crippen LogP contribution >= 0.6 is 0 Å². The van der Waals surface area contributed by atoms with Crippen LogP contribution in [-0.4, -0.2) is 31.1 Å². The molecule has 0 atom stereocenters. The third-order valence-corrected chi connectivity index (χ3v) is 2.27. The molecule has 3 nitrogen and oxygen atoms in total. The first-order valence-electron chi connectivity index (χ1n) is 5.32. The van der Waals surface area contributed by atoms with E-state index >= 15 is 0 Å². The van der Waals surface area contributed by atoms with E-state index in [4.69, 9.17) is 5.11 Å². The van der Waals surface area contributed by atoms with Crippen LogP contribution in [0.15, 0.2) is 18.2 Å². The molecule has 88 valence electrons. The van der Waals surface area contributed by atoms with Crippen molar-refractivity contribution in [3.05, 3.63) is 29.6 Å². The van der Waals surface area contributed by atoms with Crippen LogP contribution in [0.5, 0.6) is 0 Å². The first-order valence-corrected chi connectivity index (χ1v) is 5.32. The Bertz CT molecular complexity index is 349. The normalized spacial score (nSPS) is 10.2. The van der Waals surface area contributed by atoms with Gasteiger partial charge in [-0.2, -0.15) is 0 Å². The summed E-state index contributed by atoms with van der Waals surface area (Å²) in [4.78, 5) is 12.5. The monoisotopic (exact) mass is 225 g/mol. The van der Waals surface area contributed by atoms with E-state index in [9.17, 15) is 9.18 Å². The van der Waals surface area contributed by atoms with Crippen LogP contribution in [0.2, 0.25) is 0 Å². The van der Waals surface area contributed by atoms with E-state index in [1.807, 2.05) is 11.8 Å². The van der Waals surface area contributed by atoms with Gasteiger partial charge in [0.2, 0.25) is 0 Å². The number of aliphatic hydroxyl groups is 1. The first-order chi connectivity index (χ1) is 7.71. The van der Waals surface area contributed by atoms with Gasteiger partial charge in [-0.05, 0) is 24.6 Å². The largest absolute Gasteiger partial charge is 0.395 e.